The predicted octanol–water partition coefficient (Wildman–Crippen LogP) is 2.91. The second-order valence-corrected chi connectivity index (χ2v) is 9.88. The highest BCUT2D eigenvalue weighted by Gasteiger charge is 2.55. The van der Waals surface area contributed by atoms with Gasteiger partial charge in [0.1, 0.15) is 17.3 Å². The number of aliphatic hydroxyl groups is 1. The van der Waals surface area contributed by atoms with Gasteiger partial charge >= 0.3 is 0 Å². The Hall–Kier alpha value is -2.84. The summed E-state index contributed by atoms with van der Waals surface area (Å²) in [5.41, 5.74) is -0.283. The maximum atomic E-state index is 13.6. The molecule has 0 spiro atoms. The zero-order chi connectivity index (χ0) is 23.9. The van der Waals surface area contributed by atoms with Crippen molar-refractivity contribution in [3.63, 3.8) is 0 Å². The Morgan fingerprint density at radius 1 is 1.15 bits per heavy atom. The fraction of sp³-hybridized carbons (Fsp3) is 0.440. The summed E-state index contributed by atoms with van der Waals surface area (Å²) < 4.78 is 24.7. The number of amides is 2. The molecule has 1 heterocycles. The molecule has 34 heavy (non-hydrogen) atoms. The summed E-state index contributed by atoms with van der Waals surface area (Å²) in [4.78, 5) is 25.5. The van der Waals surface area contributed by atoms with Crippen LogP contribution in [-0.4, -0.2) is 46.8 Å². The van der Waals surface area contributed by atoms with Crippen molar-refractivity contribution >= 4 is 23.4 Å². The van der Waals surface area contributed by atoms with Crippen LogP contribution < -0.4 is 20.1 Å². The van der Waals surface area contributed by atoms with Crippen LogP contribution in [0.5, 0.6) is 11.5 Å². The van der Waals surface area contributed by atoms with Gasteiger partial charge in [-0.25, -0.2) is 4.39 Å². The highest BCUT2D eigenvalue weighted by Crippen LogP contribution is 2.47. The number of carbonyl (C=O) groups excluding carboxylic acids is 2. The van der Waals surface area contributed by atoms with Gasteiger partial charge in [0.15, 0.2) is 12.7 Å². The molecule has 3 N–H and O–H groups in total. The third-order valence-corrected chi connectivity index (χ3v) is 7.61. The summed E-state index contributed by atoms with van der Waals surface area (Å²) >= 11 is 5.66. The van der Waals surface area contributed by atoms with Crippen molar-refractivity contribution in [1.29, 1.82) is 0 Å². The van der Waals surface area contributed by atoms with Crippen LogP contribution in [0, 0.1) is 5.82 Å². The van der Waals surface area contributed by atoms with Crippen LogP contribution >= 0.6 is 11.6 Å². The molecule has 2 bridgehead atoms. The largest absolute Gasteiger partial charge is 0.484 e. The zero-order valence-electron chi connectivity index (χ0n) is 18.5. The van der Waals surface area contributed by atoms with Crippen molar-refractivity contribution in [3.05, 3.63) is 58.9 Å². The van der Waals surface area contributed by atoms with E-state index in [1.54, 1.807) is 0 Å². The monoisotopic (exact) mass is 488 g/mol. The molecule has 1 aliphatic heterocycles. The Morgan fingerprint density at radius 2 is 1.91 bits per heavy atom. The van der Waals surface area contributed by atoms with Crippen molar-refractivity contribution in [2.45, 2.75) is 61.8 Å². The summed E-state index contributed by atoms with van der Waals surface area (Å²) in [6.07, 6.45) is 1.77. The fourth-order valence-corrected chi connectivity index (χ4v) is 5.48. The number of aliphatic hydroxyl groups excluding tert-OH is 1. The lowest BCUT2D eigenvalue weighted by molar-refractivity contribution is -0.139. The number of benzene rings is 2. The van der Waals surface area contributed by atoms with Crippen molar-refractivity contribution in [1.82, 2.24) is 10.6 Å². The van der Waals surface area contributed by atoms with Gasteiger partial charge < -0.3 is 25.2 Å². The quantitative estimate of drug-likeness (QED) is 0.581. The molecule has 2 aromatic rings. The van der Waals surface area contributed by atoms with E-state index >= 15 is 0 Å². The minimum Gasteiger partial charge on any atom is -0.484 e. The molecule has 6 rings (SSSR count). The number of ether oxygens (including phenoxy) is 2. The molecule has 2 atom stereocenters. The second-order valence-electron chi connectivity index (χ2n) is 9.48. The third-order valence-electron chi connectivity index (χ3n) is 7.30. The molecule has 4 aliphatic rings. The average Bonchev–Trinajstić information content (AvgIpc) is 3.26. The summed E-state index contributed by atoms with van der Waals surface area (Å²) in [6.45, 7) is -0.277. The maximum Gasteiger partial charge on any atom is 0.261 e. The lowest BCUT2D eigenvalue weighted by atomic mass is 9.60. The van der Waals surface area contributed by atoms with Gasteiger partial charge in [0.25, 0.3) is 11.8 Å². The van der Waals surface area contributed by atoms with Gasteiger partial charge in [-0.1, -0.05) is 29.8 Å². The molecule has 3 saturated carbocycles. The standard InChI is InChI=1S/C25H26ClFN2O5/c26-17-6-5-16(12-18(17)27)33-14-22(31)28-24-7-9-25(10-8-24,21(30)13-24)29-23(32)20-11-15-3-1-2-4-19(15)34-20/h1-6,12,20-21,30H,7-11,13-14H2,(H,28,31)(H,29,32). The van der Waals surface area contributed by atoms with E-state index in [1.165, 1.54) is 12.1 Å². The first-order valence-electron chi connectivity index (χ1n) is 11.4. The number of para-hydroxylation sites is 1. The van der Waals surface area contributed by atoms with Gasteiger partial charge in [0, 0.05) is 18.0 Å². The van der Waals surface area contributed by atoms with E-state index < -0.39 is 29.1 Å². The third kappa shape index (κ3) is 4.32. The molecule has 2 amide bonds. The van der Waals surface area contributed by atoms with Gasteiger partial charge in [-0.05, 0) is 55.9 Å². The minimum atomic E-state index is -0.797. The summed E-state index contributed by atoms with van der Waals surface area (Å²) in [5.74, 6) is -0.264. The van der Waals surface area contributed by atoms with E-state index in [4.69, 9.17) is 21.1 Å². The van der Waals surface area contributed by atoms with Crippen LogP contribution in [0.3, 0.4) is 0 Å². The van der Waals surface area contributed by atoms with Crippen LogP contribution in [0.25, 0.3) is 0 Å². The van der Waals surface area contributed by atoms with Crippen molar-refractivity contribution in [2.24, 2.45) is 0 Å². The van der Waals surface area contributed by atoms with Gasteiger partial charge in [-0.3, -0.25) is 9.59 Å². The highest BCUT2D eigenvalue weighted by molar-refractivity contribution is 6.30. The van der Waals surface area contributed by atoms with Gasteiger partial charge in [-0.15, -0.1) is 0 Å². The van der Waals surface area contributed by atoms with Crippen LogP contribution in [0.1, 0.15) is 37.7 Å². The Morgan fingerprint density at radius 3 is 2.62 bits per heavy atom. The summed E-state index contributed by atoms with van der Waals surface area (Å²) in [7, 11) is 0. The van der Waals surface area contributed by atoms with Crippen LogP contribution in [0.15, 0.2) is 42.5 Å². The van der Waals surface area contributed by atoms with E-state index in [0.717, 1.165) is 17.4 Å². The second kappa shape index (κ2) is 8.74. The minimum absolute atomic E-state index is 0.0197. The topological polar surface area (TPSA) is 96.9 Å². The molecule has 9 heteroatoms. The molecule has 7 nitrogen and oxygen atoms in total. The van der Waals surface area contributed by atoms with Crippen molar-refractivity contribution < 1.29 is 28.6 Å². The number of nitrogens with one attached hydrogen (secondary N) is 2. The van der Waals surface area contributed by atoms with Crippen LogP contribution in [0.4, 0.5) is 4.39 Å². The first kappa shape index (κ1) is 22.9. The average molecular weight is 489 g/mol. The van der Waals surface area contributed by atoms with E-state index in [2.05, 4.69) is 10.6 Å². The predicted molar refractivity (Wildman–Crippen MR) is 122 cm³/mol. The van der Waals surface area contributed by atoms with E-state index in [1.807, 2.05) is 24.3 Å². The van der Waals surface area contributed by atoms with Gasteiger partial charge in [0.2, 0.25) is 0 Å². The molecule has 2 unspecified atom stereocenters. The lowest BCUT2D eigenvalue weighted by Crippen LogP contribution is -2.71. The van der Waals surface area contributed by atoms with Crippen molar-refractivity contribution in [3.8, 4) is 11.5 Å². The molecular weight excluding hydrogens is 463 g/mol. The number of halogens is 2. The van der Waals surface area contributed by atoms with Gasteiger partial charge in [-0.2, -0.15) is 0 Å². The molecule has 0 radical (unpaired) electrons. The Balaban J connectivity index is 1.16. The summed E-state index contributed by atoms with van der Waals surface area (Å²) in [5, 5.41) is 17.0. The SMILES string of the molecule is O=C(COc1ccc(Cl)c(F)c1)NC12CCC(NC(=O)C3Cc4ccccc4O3)(CC1)C(O)C2. The van der Waals surface area contributed by atoms with Crippen LogP contribution in [0.2, 0.25) is 5.02 Å². The Kier molecular flexibility index (Phi) is 5.90. The molecule has 3 fully saturated rings. The van der Waals surface area contributed by atoms with E-state index in [-0.39, 0.29) is 29.2 Å². The normalized spacial score (nSPS) is 29.1. The number of rotatable bonds is 6. The zero-order valence-corrected chi connectivity index (χ0v) is 19.2. The molecular formula is C25H26ClFN2O5. The number of hydrogen-bond donors (Lipinski definition) is 3. The summed E-state index contributed by atoms with van der Waals surface area (Å²) in [6, 6.07) is 11.6. The Labute approximate surface area is 201 Å². The first-order chi connectivity index (χ1) is 16.3. The highest BCUT2D eigenvalue weighted by atomic mass is 35.5. The van der Waals surface area contributed by atoms with Gasteiger partial charge in [0.05, 0.1) is 16.7 Å². The number of fused-ring (bicyclic) bond motifs is 4. The Bertz CT molecular complexity index is 1090. The number of carbonyl (C=O) groups is 2. The maximum absolute atomic E-state index is 13.6. The molecule has 3 aliphatic carbocycles. The molecule has 180 valence electrons. The number of hydrogen-bond acceptors (Lipinski definition) is 5. The van der Waals surface area contributed by atoms with Crippen LogP contribution in [-0.2, 0) is 16.0 Å². The smallest absolute Gasteiger partial charge is 0.261 e. The first-order valence-corrected chi connectivity index (χ1v) is 11.8. The molecule has 0 aromatic heterocycles. The molecule has 2 aromatic carbocycles. The lowest BCUT2D eigenvalue weighted by Gasteiger charge is -2.56. The van der Waals surface area contributed by atoms with E-state index in [9.17, 15) is 19.1 Å². The fourth-order valence-electron chi connectivity index (χ4n) is 5.36. The van der Waals surface area contributed by atoms with E-state index in [0.29, 0.717) is 38.5 Å². The molecule has 0 saturated heterocycles. The van der Waals surface area contributed by atoms with Crippen molar-refractivity contribution in [2.75, 3.05) is 6.61 Å².